The Morgan fingerprint density at radius 2 is 1.68 bits per heavy atom. The van der Waals surface area contributed by atoms with Crippen LogP contribution in [0.2, 0.25) is 0 Å². The summed E-state index contributed by atoms with van der Waals surface area (Å²) in [5, 5.41) is 9.05. The second-order valence-corrected chi connectivity index (χ2v) is 11.3. The molecule has 0 saturated heterocycles. The van der Waals surface area contributed by atoms with E-state index in [-0.39, 0.29) is 12.5 Å². The van der Waals surface area contributed by atoms with E-state index in [0.717, 1.165) is 32.3 Å². The van der Waals surface area contributed by atoms with Gasteiger partial charge in [-0.3, -0.25) is 4.79 Å². The monoisotopic (exact) mass is 610 g/mol. The highest BCUT2D eigenvalue weighted by Crippen LogP contribution is 2.47. The number of hydrogen-bond acceptors (Lipinski definition) is 5. The van der Waals surface area contributed by atoms with Crippen LogP contribution in [-0.2, 0) is 29.0 Å². The number of halogens is 1. The Hall–Kier alpha value is -3.94. The smallest absolute Gasteiger partial charge is 0.255 e. The molecule has 6 rings (SSSR count). The third kappa shape index (κ3) is 5.52. The minimum absolute atomic E-state index is 0.0581. The summed E-state index contributed by atoms with van der Waals surface area (Å²) in [6.07, 6.45) is 0.357. The van der Waals surface area contributed by atoms with Gasteiger partial charge in [0.05, 0.1) is 6.61 Å². The minimum atomic E-state index is -1.20. The van der Waals surface area contributed by atoms with E-state index in [0.29, 0.717) is 44.2 Å². The third-order valence-corrected chi connectivity index (χ3v) is 8.40. The molecule has 2 aliphatic rings. The van der Waals surface area contributed by atoms with Gasteiger partial charge >= 0.3 is 0 Å². The van der Waals surface area contributed by atoms with Gasteiger partial charge in [0.25, 0.3) is 5.91 Å². The fraction of sp³-hybridized carbons (Fsp3) is 0.235. The van der Waals surface area contributed by atoms with Crippen LogP contribution in [0, 0.1) is 0 Å². The van der Waals surface area contributed by atoms with Crippen LogP contribution in [0.5, 0.6) is 5.75 Å². The molecule has 2 aliphatic heterocycles. The molecule has 0 unspecified atom stereocenters. The first-order valence-electron chi connectivity index (χ1n) is 13.8. The first-order chi connectivity index (χ1) is 20.1. The summed E-state index contributed by atoms with van der Waals surface area (Å²) in [5.41, 5.74) is 3.67. The number of aliphatic hydroxyl groups is 1. The second-order valence-electron chi connectivity index (χ2n) is 10.4. The number of amides is 1. The fourth-order valence-corrected chi connectivity index (χ4v) is 6.02. The fourth-order valence-electron chi connectivity index (χ4n) is 5.59. The number of ether oxygens (including phenoxy) is 2. The quantitative estimate of drug-likeness (QED) is 0.227. The number of benzene rings is 4. The average molecular weight is 612 g/mol. The molecule has 4 aromatic carbocycles. The van der Waals surface area contributed by atoms with E-state index < -0.39 is 11.6 Å². The lowest BCUT2D eigenvalue weighted by molar-refractivity contribution is -0.140. The van der Waals surface area contributed by atoms with Gasteiger partial charge in [0, 0.05) is 48.1 Å². The lowest BCUT2D eigenvalue weighted by Gasteiger charge is -2.33. The zero-order valence-corrected chi connectivity index (χ0v) is 24.2. The number of hydrogen-bond donors (Lipinski definition) is 1. The Labute approximate surface area is 248 Å². The van der Waals surface area contributed by atoms with Gasteiger partial charge in [-0.15, -0.1) is 0 Å². The van der Waals surface area contributed by atoms with Crippen molar-refractivity contribution in [2.75, 3.05) is 13.2 Å². The van der Waals surface area contributed by atoms with Crippen molar-refractivity contribution in [2.45, 2.75) is 37.6 Å². The Bertz CT molecular complexity index is 1560. The topological polar surface area (TPSA) is 71.4 Å². The molecule has 1 N–H and O–H groups in total. The maximum Gasteiger partial charge on any atom is 0.255 e. The van der Waals surface area contributed by atoms with Gasteiger partial charge in [0.1, 0.15) is 5.75 Å². The molecule has 0 saturated carbocycles. The number of carbonyl (C=O) groups is 1. The van der Waals surface area contributed by atoms with E-state index in [2.05, 4.69) is 28.1 Å². The molecule has 0 aliphatic carbocycles. The molecule has 4 aromatic rings. The lowest BCUT2D eigenvalue weighted by atomic mass is 9.81. The SMILES string of the molecule is O=C1N(Cc2ccccc2)Cc2ccccc2[C@@H]2OC(c3ccc(OCCCO)cc3)=N[C@]12Cc1ccccc1Br. The Morgan fingerprint density at radius 1 is 0.951 bits per heavy atom. The Balaban J connectivity index is 1.45. The van der Waals surface area contributed by atoms with Gasteiger partial charge in [-0.05, 0) is 47.0 Å². The van der Waals surface area contributed by atoms with Crippen LogP contribution in [0.4, 0.5) is 0 Å². The Kier molecular flexibility index (Phi) is 7.90. The van der Waals surface area contributed by atoms with Crippen molar-refractivity contribution >= 4 is 27.7 Å². The van der Waals surface area contributed by atoms with E-state index in [1.54, 1.807) is 0 Å². The van der Waals surface area contributed by atoms with Crippen molar-refractivity contribution in [3.8, 4) is 5.75 Å². The number of fused-ring (bicyclic) bond motifs is 3. The van der Waals surface area contributed by atoms with Gasteiger partial charge in [0.2, 0.25) is 5.90 Å². The van der Waals surface area contributed by atoms with Gasteiger partial charge in [-0.1, -0.05) is 88.7 Å². The molecule has 1 amide bonds. The molecule has 0 bridgehead atoms. The predicted molar refractivity (Wildman–Crippen MR) is 162 cm³/mol. The molecule has 7 heteroatoms. The zero-order chi connectivity index (χ0) is 28.2. The van der Waals surface area contributed by atoms with E-state index >= 15 is 0 Å². The van der Waals surface area contributed by atoms with Crippen LogP contribution >= 0.6 is 15.9 Å². The highest BCUT2D eigenvalue weighted by molar-refractivity contribution is 9.10. The number of aliphatic hydroxyl groups excluding tert-OH is 1. The maximum absolute atomic E-state index is 14.8. The number of nitrogens with zero attached hydrogens (tertiary/aromatic N) is 2. The summed E-state index contributed by atoms with van der Waals surface area (Å²) >= 11 is 3.71. The molecule has 6 nitrogen and oxygen atoms in total. The Morgan fingerprint density at radius 3 is 2.46 bits per heavy atom. The minimum Gasteiger partial charge on any atom is -0.494 e. The zero-order valence-electron chi connectivity index (χ0n) is 22.6. The summed E-state index contributed by atoms with van der Waals surface area (Å²) < 4.78 is 13.3. The largest absolute Gasteiger partial charge is 0.494 e. The van der Waals surface area contributed by atoms with Crippen molar-refractivity contribution in [1.29, 1.82) is 0 Å². The molecule has 0 fully saturated rings. The van der Waals surface area contributed by atoms with Crippen LogP contribution < -0.4 is 4.74 Å². The summed E-state index contributed by atoms with van der Waals surface area (Å²) in [6.45, 7) is 1.48. The van der Waals surface area contributed by atoms with Crippen LogP contribution in [-0.4, -0.2) is 40.6 Å². The highest BCUT2D eigenvalue weighted by atomic mass is 79.9. The molecule has 208 valence electrons. The first kappa shape index (κ1) is 27.2. The third-order valence-electron chi connectivity index (χ3n) is 7.63. The summed E-state index contributed by atoms with van der Waals surface area (Å²) in [5.74, 6) is 1.08. The van der Waals surface area contributed by atoms with E-state index in [4.69, 9.17) is 19.6 Å². The van der Waals surface area contributed by atoms with E-state index in [1.807, 2.05) is 95.9 Å². The summed E-state index contributed by atoms with van der Waals surface area (Å²) in [4.78, 5) is 21.9. The molecule has 0 radical (unpaired) electrons. The highest BCUT2D eigenvalue weighted by Gasteiger charge is 2.56. The van der Waals surface area contributed by atoms with Crippen molar-refractivity contribution in [3.05, 3.63) is 135 Å². The second kappa shape index (κ2) is 11.9. The normalized spacial score (nSPS) is 19.6. The first-order valence-corrected chi connectivity index (χ1v) is 14.6. The van der Waals surface area contributed by atoms with Crippen molar-refractivity contribution in [1.82, 2.24) is 4.90 Å². The van der Waals surface area contributed by atoms with Gasteiger partial charge < -0.3 is 19.5 Å². The van der Waals surface area contributed by atoms with Crippen molar-refractivity contribution in [2.24, 2.45) is 4.99 Å². The summed E-state index contributed by atoms with van der Waals surface area (Å²) in [7, 11) is 0. The van der Waals surface area contributed by atoms with Crippen LogP contribution in [0.15, 0.2) is 113 Å². The number of rotatable bonds is 9. The number of carbonyl (C=O) groups excluding carboxylic acids is 1. The van der Waals surface area contributed by atoms with Crippen LogP contribution in [0.25, 0.3) is 0 Å². The molecular formula is C34H31BrN2O4. The predicted octanol–water partition coefficient (Wildman–Crippen LogP) is 6.25. The van der Waals surface area contributed by atoms with Gasteiger partial charge in [-0.25, -0.2) is 4.99 Å². The van der Waals surface area contributed by atoms with Crippen LogP contribution in [0.3, 0.4) is 0 Å². The summed E-state index contributed by atoms with van der Waals surface area (Å²) in [6, 6.07) is 33.7. The standard InChI is InChI=1S/C34H31BrN2O4/c35-30-14-7-5-11-26(30)21-34-31(41-32(36-34)25-15-17-28(18-16-25)40-20-8-19-38)29-13-6-4-12-27(29)23-37(33(34)39)22-24-9-2-1-3-10-24/h1-7,9-18,31,38H,8,19-23H2/t31-,34-/m0/s1. The molecule has 41 heavy (non-hydrogen) atoms. The lowest BCUT2D eigenvalue weighted by Crippen LogP contribution is -2.49. The van der Waals surface area contributed by atoms with Crippen molar-refractivity contribution < 1.29 is 19.4 Å². The number of aliphatic imine (C=N–C) groups is 1. The molecule has 2 heterocycles. The van der Waals surface area contributed by atoms with E-state index in [9.17, 15) is 4.79 Å². The van der Waals surface area contributed by atoms with E-state index in [1.165, 1.54) is 0 Å². The van der Waals surface area contributed by atoms with Crippen molar-refractivity contribution in [3.63, 3.8) is 0 Å². The maximum atomic E-state index is 14.8. The van der Waals surface area contributed by atoms with Crippen LogP contribution in [0.1, 0.15) is 40.3 Å². The molecule has 0 aromatic heterocycles. The molecule has 2 atom stereocenters. The molecular weight excluding hydrogens is 580 g/mol. The molecule has 0 spiro atoms. The van der Waals surface area contributed by atoms with Gasteiger partial charge in [-0.2, -0.15) is 0 Å². The average Bonchev–Trinajstić information content (AvgIpc) is 3.35. The van der Waals surface area contributed by atoms with Gasteiger partial charge in [0.15, 0.2) is 11.6 Å².